The van der Waals surface area contributed by atoms with Gasteiger partial charge in [-0.1, -0.05) is 56.3 Å². The van der Waals surface area contributed by atoms with E-state index in [1.165, 1.54) is 34.0 Å². The highest BCUT2D eigenvalue weighted by Crippen LogP contribution is 2.61. The van der Waals surface area contributed by atoms with E-state index < -0.39 is 127 Å². The maximum absolute atomic E-state index is 15.0. The molecule has 14 nitrogen and oxygen atoms in total. The summed E-state index contributed by atoms with van der Waals surface area (Å²) in [6.07, 6.45) is -9.22. The molecular formula is C45H61Cl2F6N7O7. The van der Waals surface area contributed by atoms with Crippen LogP contribution in [0.2, 0.25) is 10.0 Å². The van der Waals surface area contributed by atoms with Crippen LogP contribution in [0.15, 0.2) is 18.2 Å². The molecule has 4 N–H and O–H groups in total. The monoisotopic (exact) mass is 995 g/mol. The predicted molar refractivity (Wildman–Crippen MR) is 235 cm³/mol. The minimum atomic E-state index is -5.42. The van der Waals surface area contributed by atoms with E-state index in [1.807, 2.05) is 13.8 Å². The second-order valence-corrected chi connectivity index (χ2v) is 20.5. The Hall–Kier alpha value is -4.33. The van der Waals surface area contributed by atoms with Crippen molar-refractivity contribution in [1.29, 1.82) is 0 Å². The molecule has 0 unspecified atom stereocenters. The third-order valence-corrected chi connectivity index (χ3v) is 14.1. The van der Waals surface area contributed by atoms with E-state index >= 15 is 0 Å². The van der Waals surface area contributed by atoms with E-state index in [0.717, 1.165) is 16.2 Å². The predicted octanol–water partition coefficient (Wildman–Crippen LogP) is 5.51. The second kappa shape index (κ2) is 21.1. The van der Waals surface area contributed by atoms with Gasteiger partial charge in [-0.15, -0.1) is 0 Å². The summed E-state index contributed by atoms with van der Waals surface area (Å²) in [5, 5.41) is 11.4. The summed E-state index contributed by atoms with van der Waals surface area (Å²) in [6, 6.07) is -2.49. The van der Waals surface area contributed by atoms with Crippen LogP contribution in [0.5, 0.6) is 0 Å². The van der Waals surface area contributed by atoms with Crippen molar-refractivity contribution in [1.82, 2.24) is 36.0 Å². The topological polar surface area (TPSA) is 177 Å². The Balaban J connectivity index is 1.44. The molecule has 4 fully saturated rings. The molecule has 7 amide bonds. The van der Waals surface area contributed by atoms with Gasteiger partial charge in [-0.05, 0) is 81.5 Å². The second-order valence-electron chi connectivity index (χ2n) is 19.6. The van der Waals surface area contributed by atoms with Gasteiger partial charge in [-0.3, -0.25) is 33.6 Å². The number of likely N-dealkylation sites (N-methyl/N-ethyl adjacent to an activating group) is 2. The molecule has 2 aliphatic heterocycles. The van der Waals surface area contributed by atoms with Gasteiger partial charge in [-0.2, -0.15) is 13.2 Å². The number of hydrogen-bond donors (Lipinski definition) is 4. The molecule has 22 heteroatoms. The molecule has 2 saturated heterocycles. The summed E-state index contributed by atoms with van der Waals surface area (Å²) in [6.45, 7) is 5.76. The molecule has 5 rings (SSSR count). The van der Waals surface area contributed by atoms with E-state index in [-0.39, 0.29) is 61.9 Å². The number of nitrogens with zero attached hydrogens (tertiary/aromatic N) is 3. The number of hydrogen-bond acceptors (Lipinski definition) is 7. The fourth-order valence-electron chi connectivity index (χ4n) is 9.30. The highest BCUT2D eigenvalue weighted by Gasteiger charge is 2.75. The number of benzene rings is 1. The molecule has 374 valence electrons. The van der Waals surface area contributed by atoms with Crippen LogP contribution in [0, 0.1) is 17.3 Å². The number of alkyl halides is 6. The lowest BCUT2D eigenvalue weighted by Crippen LogP contribution is -2.65. The van der Waals surface area contributed by atoms with Crippen LogP contribution in [0.25, 0.3) is 0 Å². The Labute approximate surface area is 396 Å². The molecule has 1 aromatic rings. The molecule has 2 heterocycles. The van der Waals surface area contributed by atoms with Gasteiger partial charge in [0.05, 0.1) is 6.54 Å². The summed E-state index contributed by atoms with van der Waals surface area (Å²) in [5.74, 6) is -10.6. The highest BCUT2D eigenvalue weighted by molar-refractivity contribution is 6.33. The van der Waals surface area contributed by atoms with Gasteiger partial charge in [0.1, 0.15) is 41.9 Å². The van der Waals surface area contributed by atoms with E-state index in [2.05, 4.69) is 21.3 Å². The Kier molecular flexibility index (Phi) is 16.9. The van der Waals surface area contributed by atoms with Crippen molar-refractivity contribution in [3.63, 3.8) is 0 Å². The van der Waals surface area contributed by atoms with Crippen LogP contribution in [0.4, 0.5) is 26.3 Å². The molecule has 0 bridgehead atoms. The molecule has 0 radical (unpaired) electrons. The van der Waals surface area contributed by atoms with Gasteiger partial charge in [-0.25, -0.2) is 13.2 Å². The summed E-state index contributed by atoms with van der Waals surface area (Å²) in [7, 11) is 2.68. The first-order valence-corrected chi connectivity index (χ1v) is 23.4. The van der Waals surface area contributed by atoms with Gasteiger partial charge in [0.15, 0.2) is 5.41 Å². The summed E-state index contributed by atoms with van der Waals surface area (Å²) < 4.78 is 85.6. The third-order valence-electron chi connectivity index (χ3n) is 13.5. The zero-order chi connectivity index (χ0) is 50.0. The van der Waals surface area contributed by atoms with Crippen molar-refractivity contribution >= 4 is 64.6 Å². The van der Waals surface area contributed by atoms with Gasteiger partial charge >= 0.3 is 6.18 Å². The minimum absolute atomic E-state index is 0.0128. The lowest BCUT2D eigenvalue weighted by atomic mass is 9.64. The lowest BCUT2D eigenvalue weighted by Gasteiger charge is -2.48. The Morgan fingerprint density at radius 3 is 2.21 bits per heavy atom. The van der Waals surface area contributed by atoms with Crippen LogP contribution in [-0.2, 0) is 40.0 Å². The van der Waals surface area contributed by atoms with E-state index in [9.17, 15) is 59.9 Å². The Bertz CT molecular complexity index is 2050. The molecular weight excluding hydrogens is 935 g/mol. The van der Waals surface area contributed by atoms with Crippen molar-refractivity contribution in [3.05, 3.63) is 33.8 Å². The molecule has 4 aliphatic rings. The maximum atomic E-state index is 15.0. The third kappa shape index (κ3) is 12.5. The number of carbonyl (C=O) groups is 7. The number of halogens is 8. The SMILES string of the molecule is CC(C)C[C@@H]1NC(=O)[C@@H](N(C)C(=O)[C@H](CC2CCC2)NC(=O)[C@@H]2C[C@@H](F)CN2C(=O)C2(C(F)(F)F)CC(F)(F)C2)CCCCNC(=O)C(C)(C)NC(=O)[C@H](Cc2cc(Cl)ccc2Cl)N(C)C1=O. The first kappa shape index (κ1) is 53.6. The summed E-state index contributed by atoms with van der Waals surface area (Å²) in [4.78, 5) is 101. The number of nitrogens with one attached hydrogen (secondary N) is 4. The molecule has 1 aromatic carbocycles. The summed E-state index contributed by atoms with van der Waals surface area (Å²) >= 11 is 12.8. The average molecular weight is 997 g/mol. The fraction of sp³-hybridized carbons (Fsp3) is 0.711. The Morgan fingerprint density at radius 2 is 1.63 bits per heavy atom. The lowest BCUT2D eigenvalue weighted by molar-refractivity contribution is -0.299. The van der Waals surface area contributed by atoms with Crippen molar-refractivity contribution in [2.45, 2.75) is 159 Å². The van der Waals surface area contributed by atoms with Crippen molar-refractivity contribution in [2.75, 3.05) is 27.2 Å². The normalized spacial score (nSPS) is 26.7. The smallest absolute Gasteiger partial charge is 0.354 e. The summed E-state index contributed by atoms with van der Waals surface area (Å²) in [5.41, 5.74) is -4.56. The van der Waals surface area contributed by atoms with Crippen LogP contribution >= 0.6 is 23.2 Å². The van der Waals surface area contributed by atoms with Crippen LogP contribution in [-0.4, -0.2) is 137 Å². The molecule has 67 heavy (non-hydrogen) atoms. The molecule has 6 atom stereocenters. The number of amides is 7. The van der Waals surface area contributed by atoms with Crippen molar-refractivity contribution in [3.8, 4) is 0 Å². The zero-order valence-corrected chi connectivity index (χ0v) is 40.0. The van der Waals surface area contributed by atoms with E-state index in [1.54, 1.807) is 12.1 Å². The van der Waals surface area contributed by atoms with E-state index in [4.69, 9.17) is 23.2 Å². The average Bonchev–Trinajstić information content (AvgIpc) is 3.60. The zero-order valence-electron chi connectivity index (χ0n) is 38.5. The van der Waals surface area contributed by atoms with Crippen molar-refractivity contribution in [2.24, 2.45) is 17.3 Å². The number of carbonyl (C=O) groups excluding carboxylic acids is 7. The quantitative estimate of drug-likeness (QED) is 0.212. The minimum Gasteiger partial charge on any atom is -0.354 e. The van der Waals surface area contributed by atoms with Crippen LogP contribution in [0.1, 0.15) is 104 Å². The molecule has 0 spiro atoms. The van der Waals surface area contributed by atoms with Gasteiger partial charge in [0, 0.05) is 56.4 Å². The number of rotatable bonds is 11. The number of likely N-dealkylation sites (tertiary alicyclic amines) is 1. The van der Waals surface area contributed by atoms with Crippen molar-refractivity contribution < 1.29 is 59.9 Å². The molecule has 2 aliphatic carbocycles. The highest BCUT2D eigenvalue weighted by atomic mass is 35.5. The van der Waals surface area contributed by atoms with Crippen LogP contribution < -0.4 is 21.3 Å². The van der Waals surface area contributed by atoms with Gasteiger partial charge in [0.2, 0.25) is 41.4 Å². The van der Waals surface area contributed by atoms with Crippen LogP contribution in [0.3, 0.4) is 0 Å². The van der Waals surface area contributed by atoms with E-state index in [0.29, 0.717) is 28.3 Å². The first-order valence-electron chi connectivity index (χ1n) is 22.7. The first-order chi connectivity index (χ1) is 31.1. The standard InChI is InChI=1S/C45H61Cl2F6N7O7/c1-24(2)16-30-38(64)59(6)33(19-26-18-27(46)13-14-29(26)47)37(63)57-42(3,4)40(66)54-15-8-7-12-32(35(61)55-30)58(5)39(65)31(17-25-10-9-11-25)56-36(62)34-20-28(48)21-60(34)41(67)43(45(51,52)53)22-44(49,50)23-43/h13-14,18,24-25,28,30-34H,7-12,15-17,19-23H2,1-6H3,(H,54,66)(H,55,61)(H,56,62)(H,57,63)/t28-,30+,31+,32+,33+,34+/m1/s1. The van der Waals surface area contributed by atoms with Gasteiger partial charge < -0.3 is 36.0 Å². The van der Waals surface area contributed by atoms with Gasteiger partial charge in [0.25, 0.3) is 5.92 Å². The maximum Gasteiger partial charge on any atom is 0.403 e. The fourth-order valence-corrected chi connectivity index (χ4v) is 9.68. The Morgan fingerprint density at radius 1 is 0.970 bits per heavy atom. The molecule has 0 aromatic heterocycles. The molecule has 2 saturated carbocycles. The largest absolute Gasteiger partial charge is 0.403 e.